The molecule has 0 aliphatic carbocycles. The highest BCUT2D eigenvalue weighted by Gasteiger charge is 2.34. The monoisotopic (exact) mass is 378 g/mol. The van der Waals surface area contributed by atoms with Crippen molar-refractivity contribution in [2.45, 2.75) is 25.7 Å². The lowest BCUT2D eigenvalue weighted by atomic mass is 10.1. The average Bonchev–Trinajstić information content (AvgIpc) is 2.52. The number of sulfonamides is 1. The minimum atomic E-state index is -4.47. The zero-order valence-corrected chi connectivity index (χ0v) is 15.3. The van der Waals surface area contributed by atoms with Gasteiger partial charge in [0.25, 0.3) is 15.7 Å². The summed E-state index contributed by atoms with van der Waals surface area (Å²) in [5.74, 6) is -1.37. The summed E-state index contributed by atoms with van der Waals surface area (Å²) < 4.78 is 27.0. The van der Waals surface area contributed by atoms with E-state index in [0.29, 0.717) is 15.4 Å². The van der Waals surface area contributed by atoms with Crippen LogP contribution in [0.2, 0.25) is 0 Å². The van der Waals surface area contributed by atoms with Crippen molar-refractivity contribution in [3.8, 4) is 0 Å². The maximum absolute atomic E-state index is 13.1. The Morgan fingerprint density at radius 1 is 1.15 bits per heavy atom. The number of nitrogens with zero attached hydrogens (tertiary/aromatic N) is 2. The van der Waals surface area contributed by atoms with E-state index in [9.17, 15) is 28.4 Å². The molecule has 0 aliphatic heterocycles. The second-order valence-corrected chi connectivity index (χ2v) is 7.71. The molecule has 2 rings (SSSR count). The number of rotatable bonds is 6. The van der Waals surface area contributed by atoms with Crippen molar-refractivity contribution >= 4 is 27.4 Å². The zero-order valence-electron chi connectivity index (χ0n) is 14.5. The van der Waals surface area contributed by atoms with E-state index >= 15 is 0 Å². The number of para-hydroxylation sites is 1. The normalized spacial score (nSPS) is 11.2. The number of carboxylic acids is 1. The standard InChI is InChI=1S/C17H18N2O6S/c1-11-8-12(2)17(13(3)9-11)18(10-16(20)21)26(24,25)15-7-5-4-6-14(15)19(22)23/h4-9H,10H2,1-3H3,(H,20,21). The number of hydrogen-bond acceptors (Lipinski definition) is 5. The number of nitro groups is 1. The van der Waals surface area contributed by atoms with Gasteiger partial charge in [0, 0.05) is 6.07 Å². The van der Waals surface area contributed by atoms with Crippen molar-refractivity contribution in [3.63, 3.8) is 0 Å². The Morgan fingerprint density at radius 3 is 2.19 bits per heavy atom. The van der Waals surface area contributed by atoms with E-state index in [4.69, 9.17) is 0 Å². The molecule has 138 valence electrons. The lowest BCUT2D eigenvalue weighted by Crippen LogP contribution is -2.37. The third kappa shape index (κ3) is 3.67. The van der Waals surface area contributed by atoms with Gasteiger partial charge in [0.2, 0.25) is 0 Å². The summed E-state index contributed by atoms with van der Waals surface area (Å²) >= 11 is 0. The molecule has 0 atom stereocenters. The molecule has 0 aromatic heterocycles. The molecule has 9 heteroatoms. The molecule has 1 N–H and O–H groups in total. The van der Waals surface area contributed by atoms with Crippen molar-refractivity contribution in [1.82, 2.24) is 0 Å². The predicted octanol–water partition coefficient (Wildman–Crippen LogP) is 2.80. The first-order valence-corrected chi connectivity index (χ1v) is 9.05. The van der Waals surface area contributed by atoms with Crippen molar-refractivity contribution < 1.29 is 23.2 Å². The Balaban J connectivity index is 2.76. The van der Waals surface area contributed by atoms with E-state index in [1.807, 2.05) is 6.92 Å². The van der Waals surface area contributed by atoms with Crippen LogP contribution in [0.15, 0.2) is 41.3 Å². The van der Waals surface area contributed by atoms with Gasteiger partial charge in [-0.3, -0.25) is 19.2 Å². The Hall–Kier alpha value is -2.94. The Morgan fingerprint density at radius 2 is 1.69 bits per heavy atom. The van der Waals surface area contributed by atoms with Gasteiger partial charge in [0.15, 0.2) is 4.90 Å². The summed E-state index contributed by atoms with van der Waals surface area (Å²) in [7, 11) is -4.47. The number of benzene rings is 2. The van der Waals surface area contributed by atoms with E-state index in [0.717, 1.165) is 17.7 Å². The zero-order chi connectivity index (χ0) is 19.6. The number of anilines is 1. The Kier molecular flexibility index (Phi) is 5.31. The van der Waals surface area contributed by atoms with Crippen LogP contribution in [0, 0.1) is 30.9 Å². The fourth-order valence-electron chi connectivity index (χ4n) is 2.92. The van der Waals surface area contributed by atoms with Gasteiger partial charge in [-0.2, -0.15) is 0 Å². The van der Waals surface area contributed by atoms with E-state index in [-0.39, 0.29) is 5.69 Å². The summed E-state index contributed by atoms with van der Waals surface area (Å²) in [6.07, 6.45) is 0. The molecule has 0 radical (unpaired) electrons. The molecule has 0 fully saturated rings. The van der Waals surface area contributed by atoms with Crippen LogP contribution in [0.25, 0.3) is 0 Å². The van der Waals surface area contributed by atoms with Crippen LogP contribution >= 0.6 is 0 Å². The summed E-state index contributed by atoms with van der Waals surface area (Å²) in [5, 5.41) is 20.5. The number of carboxylic acid groups (broad SMARTS) is 1. The van der Waals surface area contributed by atoms with Crippen molar-refractivity contribution in [2.24, 2.45) is 0 Å². The van der Waals surface area contributed by atoms with Crippen LogP contribution in [0.4, 0.5) is 11.4 Å². The van der Waals surface area contributed by atoms with Gasteiger partial charge in [0.05, 0.1) is 10.6 Å². The molecule has 0 heterocycles. The van der Waals surface area contributed by atoms with Gasteiger partial charge in [-0.25, -0.2) is 8.42 Å². The van der Waals surface area contributed by atoms with E-state index < -0.39 is 38.0 Å². The van der Waals surface area contributed by atoms with Crippen molar-refractivity contribution in [1.29, 1.82) is 0 Å². The summed E-state index contributed by atoms with van der Waals surface area (Å²) in [4.78, 5) is 21.2. The largest absolute Gasteiger partial charge is 0.480 e. The van der Waals surface area contributed by atoms with Gasteiger partial charge in [-0.05, 0) is 38.0 Å². The number of carbonyl (C=O) groups is 1. The molecule has 8 nitrogen and oxygen atoms in total. The highest BCUT2D eigenvalue weighted by molar-refractivity contribution is 7.93. The predicted molar refractivity (Wildman–Crippen MR) is 95.9 cm³/mol. The number of hydrogen-bond donors (Lipinski definition) is 1. The quantitative estimate of drug-likeness (QED) is 0.610. The molecule has 0 bridgehead atoms. The molecular weight excluding hydrogens is 360 g/mol. The molecule has 2 aromatic rings. The van der Waals surface area contributed by atoms with Crippen LogP contribution in [0.1, 0.15) is 16.7 Å². The first-order valence-electron chi connectivity index (χ1n) is 7.61. The number of aryl methyl sites for hydroxylation is 3. The fourth-order valence-corrected chi connectivity index (χ4v) is 4.62. The highest BCUT2D eigenvalue weighted by Crippen LogP contribution is 2.33. The Bertz CT molecular complexity index is 961. The first kappa shape index (κ1) is 19.4. The summed E-state index contributed by atoms with van der Waals surface area (Å²) in [5.41, 5.74) is 1.61. The van der Waals surface area contributed by atoms with Crippen LogP contribution in [-0.4, -0.2) is 31.0 Å². The minimum absolute atomic E-state index is 0.205. The minimum Gasteiger partial charge on any atom is -0.480 e. The van der Waals surface area contributed by atoms with E-state index in [2.05, 4.69) is 0 Å². The van der Waals surface area contributed by atoms with Crippen LogP contribution in [0.3, 0.4) is 0 Å². The topological polar surface area (TPSA) is 118 Å². The molecule has 0 aliphatic rings. The van der Waals surface area contributed by atoms with Gasteiger partial charge in [0.1, 0.15) is 6.54 Å². The van der Waals surface area contributed by atoms with E-state index in [1.54, 1.807) is 26.0 Å². The van der Waals surface area contributed by atoms with Gasteiger partial charge in [-0.1, -0.05) is 29.8 Å². The van der Waals surface area contributed by atoms with Crippen LogP contribution in [0.5, 0.6) is 0 Å². The van der Waals surface area contributed by atoms with Crippen LogP contribution < -0.4 is 4.31 Å². The molecular formula is C17H18N2O6S. The van der Waals surface area contributed by atoms with Crippen molar-refractivity contribution in [2.75, 3.05) is 10.8 Å². The maximum Gasteiger partial charge on any atom is 0.324 e. The number of aliphatic carboxylic acids is 1. The molecule has 26 heavy (non-hydrogen) atoms. The van der Waals surface area contributed by atoms with E-state index in [1.165, 1.54) is 12.1 Å². The molecule has 0 saturated carbocycles. The second-order valence-electron chi connectivity index (χ2n) is 5.88. The molecule has 0 unspecified atom stereocenters. The second kappa shape index (κ2) is 7.12. The van der Waals surface area contributed by atoms with Gasteiger partial charge in [-0.15, -0.1) is 0 Å². The number of nitro benzene ring substituents is 1. The summed E-state index contributed by atoms with van der Waals surface area (Å²) in [6.45, 7) is 4.32. The highest BCUT2D eigenvalue weighted by atomic mass is 32.2. The maximum atomic E-state index is 13.1. The molecule has 0 saturated heterocycles. The fraction of sp³-hybridized carbons (Fsp3) is 0.235. The molecule has 2 aromatic carbocycles. The first-order chi connectivity index (χ1) is 12.1. The van der Waals surface area contributed by atoms with Gasteiger partial charge >= 0.3 is 5.97 Å². The molecule has 0 spiro atoms. The summed E-state index contributed by atoms with van der Waals surface area (Å²) in [6, 6.07) is 8.33. The van der Waals surface area contributed by atoms with Crippen molar-refractivity contribution in [3.05, 3.63) is 63.2 Å². The third-order valence-electron chi connectivity index (χ3n) is 3.79. The lowest BCUT2D eigenvalue weighted by Gasteiger charge is -2.26. The lowest BCUT2D eigenvalue weighted by molar-refractivity contribution is -0.387. The average molecular weight is 378 g/mol. The Labute approximate surface area is 150 Å². The van der Waals surface area contributed by atoms with Gasteiger partial charge < -0.3 is 5.11 Å². The molecule has 0 amide bonds. The SMILES string of the molecule is Cc1cc(C)c(N(CC(=O)O)S(=O)(=O)c2ccccc2[N+](=O)[O-])c(C)c1. The smallest absolute Gasteiger partial charge is 0.324 e. The van der Waals surface area contributed by atoms with Crippen LogP contribution in [-0.2, 0) is 14.8 Å². The third-order valence-corrected chi connectivity index (χ3v) is 5.59.